The van der Waals surface area contributed by atoms with E-state index in [1.807, 2.05) is 36.4 Å². The highest BCUT2D eigenvalue weighted by Crippen LogP contribution is 2.42. The summed E-state index contributed by atoms with van der Waals surface area (Å²) in [6, 6.07) is 13.7. The summed E-state index contributed by atoms with van der Waals surface area (Å²) in [6.45, 7) is 2.26. The van der Waals surface area contributed by atoms with E-state index in [1.54, 1.807) is 21.3 Å². The summed E-state index contributed by atoms with van der Waals surface area (Å²) in [7, 11) is 4.94. The van der Waals surface area contributed by atoms with Gasteiger partial charge in [0.2, 0.25) is 0 Å². The van der Waals surface area contributed by atoms with Crippen molar-refractivity contribution in [1.29, 1.82) is 0 Å². The summed E-state index contributed by atoms with van der Waals surface area (Å²) in [5, 5.41) is -0.266. The average molecular weight is 491 g/mol. The molecule has 0 amide bonds. The van der Waals surface area contributed by atoms with Crippen molar-refractivity contribution in [2.75, 3.05) is 41.0 Å². The van der Waals surface area contributed by atoms with Crippen LogP contribution in [-0.2, 0) is 16.1 Å². The van der Waals surface area contributed by atoms with Crippen molar-refractivity contribution in [2.45, 2.75) is 42.8 Å². The number of aldehydes is 1. The number of hydrogen-bond acceptors (Lipinski definition) is 7. The molecular formula is C26H35ClN2O5. The highest BCUT2D eigenvalue weighted by atomic mass is 35.5. The predicted octanol–water partition coefficient (Wildman–Crippen LogP) is 3.96. The van der Waals surface area contributed by atoms with Crippen molar-refractivity contribution in [2.24, 2.45) is 5.73 Å². The number of benzene rings is 2. The van der Waals surface area contributed by atoms with Crippen LogP contribution in [0.25, 0.3) is 0 Å². The number of methoxy groups -OCH3 is 3. The summed E-state index contributed by atoms with van der Waals surface area (Å²) in [4.78, 5) is 13.4. The van der Waals surface area contributed by atoms with Crippen LogP contribution < -0.4 is 19.9 Å². The topological polar surface area (TPSA) is 83.3 Å². The number of likely N-dealkylation sites (tertiary alicyclic amines) is 1. The maximum Gasteiger partial charge on any atom is 0.124 e. The third kappa shape index (κ3) is 6.42. The monoisotopic (exact) mass is 490 g/mol. The van der Waals surface area contributed by atoms with Crippen LogP contribution in [0.4, 0.5) is 0 Å². The maximum absolute atomic E-state index is 11.1. The zero-order chi connectivity index (χ0) is 24.6. The molecule has 3 unspecified atom stereocenters. The normalized spacial score (nSPS) is 22.9. The van der Waals surface area contributed by atoms with E-state index in [0.717, 1.165) is 29.7 Å². The molecule has 3 rings (SSSR count). The predicted molar refractivity (Wildman–Crippen MR) is 133 cm³/mol. The highest BCUT2D eigenvalue weighted by molar-refractivity contribution is 6.21. The first-order chi connectivity index (χ1) is 16.4. The Bertz CT molecular complexity index is 921. The van der Waals surface area contributed by atoms with Gasteiger partial charge in [0, 0.05) is 49.8 Å². The molecule has 7 nitrogen and oxygen atoms in total. The van der Waals surface area contributed by atoms with Gasteiger partial charge in [-0.3, -0.25) is 4.90 Å². The van der Waals surface area contributed by atoms with Crippen LogP contribution in [0, 0.1) is 0 Å². The van der Waals surface area contributed by atoms with Gasteiger partial charge >= 0.3 is 0 Å². The molecular weight excluding hydrogens is 456 g/mol. The Hall–Kier alpha value is -2.32. The Morgan fingerprint density at radius 3 is 2.50 bits per heavy atom. The Morgan fingerprint density at radius 2 is 1.85 bits per heavy atom. The molecule has 3 atom stereocenters. The van der Waals surface area contributed by atoms with E-state index in [2.05, 4.69) is 11.0 Å². The quantitative estimate of drug-likeness (QED) is 0.356. The second-order valence-corrected chi connectivity index (χ2v) is 9.19. The van der Waals surface area contributed by atoms with Crippen molar-refractivity contribution >= 4 is 17.9 Å². The van der Waals surface area contributed by atoms with Crippen molar-refractivity contribution in [3.63, 3.8) is 0 Å². The number of alkyl halides is 1. The highest BCUT2D eigenvalue weighted by Gasteiger charge is 2.44. The number of hydrogen-bond donors (Lipinski definition) is 1. The van der Waals surface area contributed by atoms with E-state index in [-0.39, 0.29) is 11.4 Å². The third-order valence-electron chi connectivity index (χ3n) is 6.43. The summed E-state index contributed by atoms with van der Waals surface area (Å²) >= 11 is 6.75. The van der Waals surface area contributed by atoms with Crippen LogP contribution in [0.3, 0.4) is 0 Å². The van der Waals surface area contributed by atoms with Gasteiger partial charge in [0.1, 0.15) is 30.1 Å². The molecule has 8 heteroatoms. The van der Waals surface area contributed by atoms with E-state index in [0.29, 0.717) is 50.5 Å². The zero-order valence-electron chi connectivity index (χ0n) is 20.2. The van der Waals surface area contributed by atoms with E-state index >= 15 is 0 Å². The Morgan fingerprint density at radius 1 is 1.15 bits per heavy atom. The third-order valence-corrected chi connectivity index (χ3v) is 7.00. The Balaban J connectivity index is 1.87. The molecule has 0 saturated carbocycles. The molecule has 0 aromatic heterocycles. The molecule has 0 spiro atoms. The molecule has 1 heterocycles. The minimum atomic E-state index is -0.649. The van der Waals surface area contributed by atoms with Gasteiger partial charge in [-0.1, -0.05) is 18.2 Å². The molecule has 1 aliphatic heterocycles. The van der Waals surface area contributed by atoms with E-state index in [1.165, 1.54) is 0 Å². The van der Waals surface area contributed by atoms with Crippen LogP contribution in [0.1, 0.15) is 36.4 Å². The molecule has 0 aliphatic carbocycles. The fourth-order valence-corrected chi connectivity index (χ4v) is 4.85. The standard InChI is InChI=1S/C26H35ClN2O5/c1-31-12-10-29-17-25(27)26(28,9-6-11-30)16-23(29)22-7-4-5-8-24(22)34-18-19-13-20(32-2)15-21(14-19)33-3/h4-5,7-8,11,13-15,23,25H,6,9-10,12,16-18,28H2,1-3H3. The van der Waals surface area contributed by atoms with Crippen molar-refractivity contribution in [1.82, 2.24) is 4.90 Å². The minimum Gasteiger partial charge on any atom is -0.497 e. The van der Waals surface area contributed by atoms with Gasteiger partial charge in [0.25, 0.3) is 0 Å². The number of rotatable bonds is 12. The number of halogens is 1. The number of carbonyl (C=O) groups is 1. The summed E-state index contributed by atoms with van der Waals surface area (Å²) in [5.74, 6) is 2.20. The van der Waals surface area contributed by atoms with Gasteiger partial charge in [0.05, 0.1) is 26.2 Å². The fourth-order valence-electron chi connectivity index (χ4n) is 4.48. The van der Waals surface area contributed by atoms with Gasteiger partial charge in [-0.25, -0.2) is 0 Å². The zero-order valence-corrected chi connectivity index (χ0v) is 20.9. The molecule has 1 saturated heterocycles. The summed E-state index contributed by atoms with van der Waals surface area (Å²) in [5.41, 5.74) is 8.10. The first-order valence-electron chi connectivity index (χ1n) is 11.5. The van der Waals surface area contributed by atoms with Crippen molar-refractivity contribution < 1.29 is 23.7 Å². The molecule has 2 aromatic rings. The molecule has 1 fully saturated rings. The first-order valence-corrected chi connectivity index (χ1v) is 11.9. The smallest absolute Gasteiger partial charge is 0.124 e. The molecule has 0 bridgehead atoms. The second-order valence-electron chi connectivity index (χ2n) is 8.66. The lowest BCUT2D eigenvalue weighted by atomic mass is 9.78. The number of ether oxygens (including phenoxy) is 4. The number of nitrogens with zero attached hydrogens (tertiary/aromatic N) is 1. The lowest BCUT2D eigenvalue weighted by Crippen LogP contribution is -2.59. The van der Waals surface area contributed by atoms with E-state index in [4.69, 9.17) is 36.3 Å². The second kappa shape index (κ2) is 12.4. The van der Waals surface area contributed by atoms with E-state index < -0.39 is 5.54 Å². The van der Waals surface area contributed by atoms with Crippen molar-refractivity contribution in [3.8, 4) is 17.2 Å². The van der Waals surface area contributed by atoms with Gasteiger partial charge in [-0.15, -0.1) is 11.6 Å². The Kier molecular flexibility index (Phi) is 9.59. The molecule has 1 aliphatic rings. The number of carbonyl (C=O) groups excluding carboxylic acids is 1. The number of para-hydroxylation sites is 1. The van der Waals surface area contributed by atoms with Gasteiger partial charge < -0.3 is 29.5 Å². The Labute approximate surface area is 207 Å². The molecule has 2 aromatic carbocycles. The lowest BCUT2D eigenvalue weighted by molar-refractivity contribution is -0.108. The summed E-state index contributed by atoms with van der Waals surface area (Å²) in [6.07, 6.45) is 2.46. The first kappa shape index (κ1) is 26.3. The van der Waals surface area contributed by atoms with Gasteiger partial charge in [-0.05, 0) is 36.6 Å². The number of piperidine rings is 1. The molecule has 2 N–H and O–H groups in total. The van der Waals surface area contributed by atoms with Gasteiger partial charge in [0.15, 0.2) is 0 Å². The van der Waals surface area contributed by atoms with Crippen LogP contribution in [0.5, 0.6) is 17.2 Å². The largest absolute Gasteiger partial charge is 0.497 e. The van der Waals surface area contributed by atoms with Crippen LogP contribution >= 0.6 is 11.6 Å². The summed E-state index contributed by atoms with van der Waals surface area (Å²) < 4.78 is 22.4. The fraction of sp³-hybridized carbons (Fsp3) is 0.500. The van der Waals surface area contributed by atoms with Crippen LogP contribution in [-0.4, -0.2) is 63.1 Å². The molecule has 0 radical (unpaired) electrons. The van der Waals surface area contributed by atoms with Crippen LogP contribution in [0.2, 0.25) is 0 Å². The molecule has 186 valence electrons. The van der Waals surface area contributed by atoms with E-state index in [9.17, 15) is 4.79 Å². The average Bonchev–Trinajstić information content (AvgIpc) is 2.86. The minimum absolute atomic E-state index is 0.0159. The van der Waals surface area contributed by atoms with Crippen molar-refractivity contribution in [3.05, 3.63) is 53.6 Å². The number of nitrogens with two attached hydrogens (primary N) is 1. The van der Waals surface area contributed by atoms with Crippen LogP contribution in [0.15, 0.2) is 42.5 Å². The van der Waals surface area contributed by atoms with Gasteiger partial charge in [-0.2, -0.15) is 0 Å². The molecule has 34 heavy (non-hydrogen) atoms. The maximum atomic E-state index is 11.1. The SMILES string of the molecule is COCCN1CC(Cl)C(N)(CCC=O)CC1c1ccccc1OCc1cc(OC)cc(OC)c1. The lowest BCUT2D eigenvalue weighted by Gasteiger charge is -2.48.